The molecule has 0 aliphatic rings. The second-order valence-electron chi connectivity index (χ2n) is 3.44. The van der Waals surface area contributed by atoms with Gasteiger partial charge in [0.25, 0.3) is 0 Å². The average Bonchev–Trinajstić information content (AvgIpc) is 2.68. The number of pyridine rings is 1. The normalized spacial score (nSPS) is 10.9. The number of nitrogens with one attached hydrogen (secondary N) is 1. The smallest absolute Gasteiger partial charge is 0.153 e. The summed E-state index contributed by atoms with van der Waals surface area (Å²) in [7, 11) is 0. The van der Waals surface area contributed by atoms with Crippen molar-refractivity contribution in [2.45, 2.75) is 0 Å². The molecule has 0 spiro atoms. The molecule has 2 aromatic heterocycles. The van der Waals surface area contributed by atoms with E-state index >= 15 is 0 Å². The van der Waals surface area contributed by atoms with E-state index in [1.165, 1.54) is 0 Å². The summed E-state index contributed by atoms with van der Waals surface area (Å²) in [6.07, 6.45) is 2.50. The van der Waals surface area contributed by atoms with Gasteiger partial charge in [-0.05, 0) is 12.1 Å². The van der Waals surface area contributed by atoms with Crippen LogP contribution in [-0.4, -0.2) is 16.3 Å². The third-order valence-corrected chi connectivity index (χ3v) is 2.51. The van der Waals surface area contributed by atoms with Gasteiger partial charge in [0.2, 0.25) is 0 Å². The standard InChI is InChI=1S/C12H8N2O/c15-7-9-6-13-11-5-8-3-1-2-4-10(8)14-12(9)11/h1-7,13H. The van der Waals surface area contributed by atoms with Crippen LogP contribution in [0.4, 0.5) is 0 Å². The molecular weight excluding hydrogens is 188 g/mol. The summed E-state index contributed by atoms with van der Waals surface area (Å²) in [6, 6.07) is 9.86. The van der Waals surface area contributed by atoms with Crippen molar-refractivity contribution in [3.63, 3.8) is 0 Å². The van der Waals surface area contributed by atoms with Gasteiger partial charge in [-0.25, -0.2) is 4.98 Å². The number of nitrogens with zero attached hydrogens (tertiary/aromatic N) is 1. The van der Waals surface area contributed by atoms with Gasteiger partial charge in [-0.1, -0.05) is 18.2 Å². The SMILES string of the molecule is O=Cc1c[nH]c2cc3ccccc3nc12. The number of aromatic amines is 1. The van der Waals surface area contributed by atoms with Crippen molar-refractivity contribution in [2.24, 2.45) is 0 Å². The van der Waals surface area contributed by atoms with Gasteiger partial charge in [-0.2, -0.15) is 0 Å². The zero-order valence-electron chi connectivity index (χ0n) is 7.90. The highest BCUT2D eigenvalue weighted by Gasteiger charge is 2.05. The van der Waals surface area contributed by atoms with Crippen molar-refractivity contribution in [1.29, 1.82) is 0 Å². The number of para-hydroxylation sites is 1. The van der Waals surface area contributed by atoms with Crippen LogP contribution in [0.3, 0.4) is 0 Å². The number of hydrogen-bond acceptors (Lipinski definition) is 2. The van der Waals surface area contributed by atoms with Crippen LogP contribution in [0, 0.1) is 0 Å². The van der Waals surface area contributed by atoms with Crippen LogP contribution in [0.2, 0.25) is 0 Å². The fraction of sp³-hybridized carbons (Fsp3) is 0. The van der Waals surface area contributed by atoms with E-state index in [9.17, 15) is 4.79 Å². The molecule has 0 atom stereocenters. The van der Waals surface area contributed by atoms with Crippen molar-refractivity contribution in [1.82, 2.24) is 9.97 Å². The Labute approximate surface area is 85.8 Å². The Morgan fingerprint density at radius 2 is 2.13 bits per heavy atom. The minimum absolute atomic E-state index is 0.607. The first-order chi connectivity index (χ1) is 7.38. The molecule has 1 aromatic carbocycles. The van der Waals surface area contributed by atoms with Gasteiger partial charge in [0.15, 0.2) is 6.29 Å². The predicted octanol–water partition coefficient (Wildman–Crippen LogP) is 2.53. The topological polar surface area (TPSA) is 45.8 Å². The van der Waals surface area contributed by atoms with Gasteiger partial charge >= 0.3 is 0 Å². The molecule has 0 saturated carbocycles. The number of carbonyl (C=O) groups is 1. The summed E-state index contributed by atoms with van der Waals surface area (Å²) in [6.45, 7) is 0. The second kappa shape index (κ2) is 2.92. The molecule has 2 heterocycles. The molecule has 0 aliphatic carbocycles. The third kappa shape index (κ3) is 1.13. The lowest BCUT2D eigenvalue weighted by atomic mass is 10.2. The van der Waals surface area contributed by atoms with Gasteiger partial charge in [0.1, 0.15) is 0 Å². The molecule has 0 unspecified atom stereocenters. The van der Waals surface area contributed by atoms with E-state index in [0.29, 0.717) is 5.56 Å². The molecule has 15 heavy (non-hydrogen) atoms. The van der Waals surface area contributed by atoms with Crippen LogP contribution >= 0.6 is 0 Å². The van der Waals surface area contributed by atoms with E-state index in [1.54, 1.807) is 6.20 Å². The number of aldehydes is 1. The molecule has 0 radical (unpaired) electrons. The lowest BCUT2D eigenvalue weighted by molar-refractivity contribution is 0.112. The predicted molar refractivity (Wildman–Crippen MR) is 59.0 cm³/mol. The Morgan fingerprint density at radius 3 is 3.00 bits per heavy atom. The van der Waals surface area contributed by atoms with Crippen molar-refractivity contribution in [3.8, 4) is 0 Å². The first kappa shape index (κ1) is 8.17. The Bertz CT molecular complexity index is 655. The monoisotopic (exact) mass is 196 g/mol. The molecule has 3 rings (SSSR count). The first-order valence-corrected chi connectivity index (χ1v) is 4.70. The van der Waals surface area contributed by atoms with Crippen molar-refractivity contribution in [3.05, 3.63) is 42.1 Å². The average molecular weight is 196 g/mol. The largest absolute Gasteiger partial charge is 0.359 e. The van der Waals surface area contributed by atoms with E-state index < -0.39 is 0 Å². The Kier molecular flexibility index (Phi) is 1.59. The summed E-state index contributed by atoms with van der Waals surface area (Å²) in [5.41, 5.74) is 3.16. The maximum Gasteiger partial charge on any atom is 0.153 e. The number of rotatable bonds is 1. The summed E-state index contributed by atoms with van der Waals surface area (Å²) < 4.78 is 0. The molecule has 1 N–H and O–H groups in total. The Balaban J connectivity index is 2.50. The van der Waals surface area contributed by atoms with E-state index in [4.69, 9.17) is 0 Å². The van der Waals surface area contributed by atoms with Gasteiger partial charge < -0.3 is 4.98 Å². The minimum Gasteiger partial charge on any atom is -0.359 e. The highest BCUT2D eigenvalue weighted by atomic mass is 16.1. The lowest BCUT2D eigenvalue weighted by Crippen LogP contribution is -1.82. The summed E-state index contributed by atoms with van der Waals surface area (Å²) >= 11 is 0. The molecular formula is C12H8N2O. The number of H-pyrrole nitrogens is 1. The molecule has 0 amide bonds. The highest BCUT2D eigenvalue weighted by molar-refractivity contribution is 5.99. The highest BCUT2D eigenvalue weighted by Crippen LogP contribution is 2.20. The number of fused-ring (bicyclic) bond motifs is 2. The minimum atomic E-state index is 0.607. The molecule has 72 valence electrons. The zero-order chi connectivity index (χ0) is 10.3. The fourth-order valence-corrected chi connectivity index (χ4v) is 1.76. The third-order valence-electron chi connectivity index (χ3n) is 2.51. The molecule has 0 aliphatic heterocycles. The maximum atomic E-state index is 10.8. The van der Waals surface area contributed by atoms with E-state index in [1.807, 2.05) is 30.3 Å². The van der Waals surface area contributed by atoms with Crippen LogP contribution in [0.15, 0.2) is 36.5 Å². The summed E-state index contributed by atoms with van der Waals surface area (Å²) in [4.78, 5) is 18.2. The van der Waals surface area contributed by atoms with Crippen molar-refractivity contribution < 1.29 is 4.79 Å². The van der Waals surface area contributed by atoms with Crippen molar-refractivity contribution >= 4 is 28.2 Å². The van der Waals surface area contributed by atoms with Gasteiger partial charge in [0, 0.05) is 11.6 Å². The Hall–Kier alpha value is -2.16. The Morgan fingerprint density at radius 1 is 1.27 bits per heavy atom. The van der Waals surface area contributed by atoms with Crippen LogP contribution in [0.5, 0.6) is 0 Å². The quantitative estimate of drug-likeness (QED) is 0.608. The van der Waals surface area contributed by atoms with Gasteiger partial charge in [-0.15, -0.1) is 0 Å². The van der Waals surface area contributed by atoms with E-state index in [-0.39, 0.29) is 0 Å². The van der Waals surface area contributed by atoms with Crippen LogP contribution < -0.4 is 0 Å². The summed E-state index contributed by atoms with van der Waals surface area (Å²) in [5.74, 6) is 0. The summed E-state index contributed by atoms with van der Waals surface area (Å²) in [5, 5.41) is 1.07. The van der Waals surface area contributed by atoms with E-state index in [0.717, 1.165) is 28.2 Å². The van der Waals surface area contributed by atoms with Crippen LogP contribution in [0.25, 0.3) is 21.9 Å². The molecule has 0 bridgehead atoms. The number of carbonyl (C=O) groups excluding carboxylic acids is 1. The number of benzene rings is 1. The first-order valence-electron chi connectivity index (χ1n) is 4.70. The van der Waals surface area contributed by atoms with E-state index in [2.05, 4.69) is 9.97 Å². The lowest BCUT2D eigenvalue weighted by Gasteiger charge is -1.96. The number of aromatic nitrogens is 2. The fourth-order valence-electron chi connectivity index (χ4n) is 1.76. The van der Waals surface area contributed by atoms with Gasteiger partial charge in [-0.3, -0.25) is 4.79 Å². The molecule has 0 fully saturated rings. The molecule has 3 heteroatoms. The molecule has 0 saturated heterocycles. The maximum absolute atomic E-state index is 10.8. The molecule has 3 nitrogen and oxygen atoms in total. The van der Waals surface area contributed by atoms with Crippen LogP contribution in [-0.2, 0) is 0 Å². The zero-order valence-corrected chi connectivity index (χ0v) is 7.90. The van der Waals surface area contributed by atoms with Crippen molar-refractivity contribution in [2.75, 3.05) is 0 Å². The van der Waals surface area contributed by atoms with Gasteiger partial charge in [0.05, 0.1) is 22.1 Å². The molecule has 3 aromatic rings. The second-order valence-corrected chi connectivity index (χ2v) is 3.44. The van der Waals surface area contributed by atoms with Crippen LogP contribution in [0.1, 0.15) is 10.4 Å². The number of hydrogen-bond donors (Lipinski definition) is 1.